The van der Waals surface area contributed by atoms with Gasteiger partial charge in [0.15, 0.2) is 4.67 Å². The summed E-state index contributed by atoms with van der Waals surface area (Å²) in [7, 11) is 0. The van der Waals surface area contributed by atoms with Crippen molar-refractivity contribution in [2.75, 3.05) is 0 Å². The summed E-state index contributed by atoms with van der Waals surface area (Å²) in [6.45, 7) is 2.20. The Balaban J connectivity index is 2.29. The first kappa shape index (κ1) is 8.11. The lowest BCUT2D eigenvalue weighted by Crippen LogP contribution is -1.88. The van der Waals surface area contributed by atoms with Gasteiger partial charge in [-0.2, -0.15) is 0 Å². The van der Waals surface area contributed by atoms with Gasteiger partial charge in [-0.25, -0.2) is 0 Å². The molecular formula is C10H11BrO. The van der Waals surface area contributed by atoms with Gasteiger partial charge in [-0.1, -0.05) is 25.5 Å². The van der Waals surface area contributed by atoms with E-state index in [1.54, 1.807) is 0 Å². The topological polar surface area (TPSA) is 13.1 Å². The van der Waals surface area contributed by atoms with Gasteiger partial charge in [0.25, 0.3) is 0 Å². The van der Waals surface area contributed by atoms with Crippen LogP contribution in [0.2, 0.25) is 0 Å². The van der Waals surface area contributed by atoms with Crippen molar-refractivity contribution in [2.45, 2.75) is 25.7 Å². The van der Waals surface area contributed by atoms with E-state index < -0.39 is 0 Å². The summed E-state index contributed by atoms with van der Waals surface area (Å²) in [6.07, 6.45) is 6.75. The van der Waals surface area contributed by atoms with E-state index in [-0.39, 0.29) is 0 Å². The second-order valence-electron chi connectivity index (χ2n) is 3.12. The number of hydrogen-bond donors (Lipinski definition) is 0. The van der Waals surface area contributed by atoms with Crippen LogP contribution in [0.4, 0.5) is 0 Å². The molecule has 0 radical (unpaired) electrons. The van der Waals surface area contributed by atoms with Crippen LogP contribution in [0.15, 0.2) is 21.2 Å². The van der Waals surface area contributed by atoms with Crippen LogP contribution < -0.4 is 0 Å². The fourth-order valence-electron chi connectivity index (χ4n) is 1.65. The lowest BCUT2D eigenvalue weighted by molar-refractivity contribution is 0.462. The predicted molar refractivity (Wildman–Crippen MR) is 53.1 cm³/mol. The highest BCUT2D eigenvalue weighted by Crippen LogP contribution is 2.36. The Kier molecular flexibility index (Phi) is 2.09. The molecule has 1 nitrogen and oxygen atoms in total. The minimum absolute atomic E-state index is 0.510. The second-order valence-corrected chi connectivity index (χ2v) is 3.91. The highest BCUT2D eigenvalue weighted by atomic mass is 79.9. The molecule has 1 heterocycles. The normalized spacial score (nSPS) is 20.0. The van der Waals surface area contributed by atoms with Crippen LogP contribution in [0.1, 0.15) is 37.0 Å². The lowest BCUT2D eigenvalue weighted by atomic mass is 10.0. The maximum atomic E-state index is 5.55. The summed E-state index contributed by atoms with van der Waals surface area (Å²) in [6, 6.07) is 2.03. The summed E-state index contributed by atoms with van der Waals surface area (Å²) in [5, 5.41) is 0. The SMILES string of the molecule is CCCC1C=Cc2cc(Br)oc21. The van der Waals surface area contributed by atoms with Gasteiger partial charge in [-0.05, 0) is 28.4 Å². The fraction of sp³-hybridized carbons (Fsp3) is 0.400. The molecule has 0 N–H and O–H groups in total. The van der Waals surface area contributed by atoms with Crippen LogP contribution in [-0.4, -0.2) is 0 Å². The molecule has 2 rings (SSSR count). The monoisotopic (exact) mass is 226 g/mol. The van der Waals surface area contributed by atoms with Crippen molar-refractivity contribution in [3.63, 3.8) is 0 Å². The van der Waals surface area contributed by atoms with E-state index in [4.69, 9.17) is 4.42 Å². The third kappa shape index (κ3) is 1.24. The Morgan fingerprint density at radius 1 is 1.58 bits per heavy atom. The van der Waals surface area contributed by atoms with E-state index in [2.05, 4.69) is 35.0 Å². The standard InChI is InChI=1S/C10H11BrO/c1-2-3-7-4-5-8-6-9(11)12-10(7)8/h4-7H,2-3H2,1H3. The molecule has 0 saturated carbocycles. The highest BCUT2D eigenvalue weighted by molar-refractivity contribution is 9.10. The van der Waals surface area contributed by atoms with Gasteiger partial charge in [0.05, 0.1) is 0 Å². The summed E-state index contributed by atoms with van der Waals surface area (Å²) >= 11 is 3.34. The number of halogens is 1. The first-order chi connectivity index (χ1) is 5.81. The van der Waals surface area contributed by atoms with Gasteiger partial charge in [-0.3, -0.25) is 0 Å². The quantitative estimate of drug-likeness (QED) is 0.745. The number of rotatable bonds is 2. The summed E-state index contributed by atoms with van der Waals surface area (Å²) in [5.74, 6) is 1.64. The zero-order chi connectivity index (χ0) is 8.55. The molecule has 12 heavy (non-hydrogen) atoms. The Labute approximate surface area is 80.6 Å². The van der Waals surface area contributed by atoms with E-state index >= 15 is 0 Å². The molecule has 2 heteroatoms. The Hall–Kier alpha value is -0.500. The van der Waals surface area contributed by atoms with Crippen molar-refractivity contribution < 1.29 is 4.42 Å². The maximum Gasteiger partial charge on any atom is 0.170 e. The Morgan fingerprint density at radius 3 is 3.17 bits per heavy atom. The summed E-state index contributed by atoms with van der Waals surface area (Å²) in [5.41, 5.74) is 1.24. The van der Waals surface area contributed by atoms with E-state index in [9.17, 15) is 0 Å². The fourth-order valence-corrected chi connectivity index (χ4v) is 2.07. The second kappa shape index (κ2) is 3.09. The van der Waals surface area contributed by atoms with Crippen LogP contribution >= 0.6 is 15.9 Å². The van der Waals surface area contributed by atoms with E-state index in [1.807, 2.05) is 6.07 Å². The average molecular weight is 227 g/mol. The molecule has 0 saturated heterocycles. The van der Waals surface area contributed by atoms with Gasteiger partial charge in [-0.15, -0.1) is 0 Å². The minimum Gasteiger partial charge on any atom is -0.453 e. The van der Waals surface area contributed by atoms with Crippen LogP contribution in [0, 0.1) is 0 Å². The first-order valence-corrected chi connectivity index (χ1v) is 5.08. The third-order valence-electron chi connectivity index (χ3n) is 2.21. The van der Waals surface area contributed by atoms with Gasteiger partial charge < -0.3 is 4.42 Å². The molecule has 0 aliphatic heterocycles. The lowest BCUT2D eigenvalue weighted by Gasteiger charge is -2.03. The van der Waals surface area contributed by atoms with Crippen molar-refractivity contribution in [1.29, 1.82) is 0 Å². The molecule has 1 aliphatic carbocycles. The smallest absolute Gasteiger partial charge is 0.170 e. The van der Waals surface area contributed by atoms with Crippen LogP contribution in [0.3, 0.4) is 0 Å². The number of allylic oxidation sites excluding steroid dienone is 1. The van der Waals surface area contributed by atoms with Crippen molar-refractivity contribution in [1.82, 2.24) is 0 Å². The average Bonchev–Trinajstić information content (AvgIpc) is 2.52. The molecule has 0 fully saturated rings. The van der Waals surface area contributed by atoms with Gasteiger partial charge in [0.1, 0.15) is 5.76 Å². The highest BCUT2D eigenvalue weighted by Gasteiger charge is 2.20. The molecule has 1 unspecified atom stereocenters. The largest absolute Gasteiger partial charge is 0.453 e. The van der Waals surface area contributed by atoms with Crippen molar-refractivity contribution in [3.05, 3.63) is 28.1 Å². The Morgan fingerprint density at radius 2 is 2.42 bits per heavy atom. The van der Waals surface area contributed by atoms with Crippen LogP contribution in [0.5, 0.6) is 0 Å². The molecule has 0 aromatic carbocycles. The number of furan rings is 1. The van der Waals surface area contributed by atoms with Crippen molar-refractivity contribution in [3.8, 4) is 0 Å². The summed E-state index contributed by atoms with van der Waals surface area (Å²) < 4.78 is 6.39. The predicted octanol–water partition coefficient (Wildman–Crippen LogP) is 3.95. The molecule has 1 aromatic rings. The molecule has 64 valence electrons. The number of fused-ring (bicyclic) bond motifs is 1. The van der Waals surface area contributed by atoms with Crippen molar-refractivity contribution in [2.24, 2.45) is 0 Å². The minimum atomic E-state index is 0.510. The zero-order valence-electron chi connectivity index (χ0n) is 7.01. The molecule has 0 amide bonds. The maximum absolute atomic E-state index is 5.55. The molecular weight excluding hydrogens is 216 g/mol. The molecule has 1 atom stereocenters. The molecule has 1 aliphatic rings. The first-order valence-electron chi connectivity index (χ1n) is 4.28. The molecule has 1 aromatic heterocycles. The zero-order valence-corrected chi connectivity index (χ0v) is 8.60. The van der Waals surface area contributed by atoms with Crippen molar-refractivity contribution >= 4 is 22.0 Å². The van der Waals surface area contributed by atoms with Gasteiger partial charge in [0, 0.05) is 11.5 Å². The molecule has 0 bridgehead atoms. The van der Waals surface area contributed by atoms with Crippen LogP contribution in [0.25, 0.3) is 6.08 Å². The van der Waals surface area contributed by atoms with Gasteiger partial charge >= 0.3 is 0 Å². The summed E-state index contributed by atoms with van der Waals surface area (Å²) in [4.78, 5) is 0. The Bertz CT molecular complexity index is 312. The molecule has 0 spiro atoms. The van der Waals surface area contributed by atoms with E-state index in [1.165, 1.54) is 18.4 Å². The van der Waals surface area contributed by atoms with Gasteiger partial charge in [0.2, 0.25) is 0 Å². The van der Waals surface area contributed by atoms with Crippen LogP contribution in [-0.2, 0) is 0 Å². The third-order valence-corrected chi connectivity index (χ3v) is 2.60. The number of hydrogen-bond acceptors (Lipinski definition) is 1. The van der Waals surface area contributed by atoms with E-state index in [0.717, 1.165) is 10.4 Å². The van der Waals surface area contributed by atoms with E-state index in [0.29, 0.717) is 5.92 Å².